The lowest BCUT2D eigenvalue weighted by Crippen LogP contribution is -2.08. The molecule has 0 spiro atoms. The van der Waals surface area contributed by atoms with Crippen LogP contribution in [0.25, 0.3) is 0 Å². The van der Waals surface area contributed by atoms with Gasteiger partial charge in [-0.3, -0.25) is 4.68 Å². The third-order valence-electron chi connectivity index (χ3n) is 3.33. The van der Waals surface area contributed by atoms with Crippen LogP contribution in [0.15, 0.2) is 18.2 Å². The Kier molecular flexibility index (Phi) is 3.71. The van der Waals surface area contributed by atoms with E-state index >= 15 is 0 Å². The Balaban J connectivity index is 2.25. The van der Waals surface area contributed by atoms with Gasteiger partial charge in [0.25, 0.3) is 0 Å². The number of anilines is 1. The Bertz CT molecular complexity index is 607. The highest BCUT2D eigenvalue weighted by molar-refractivity contribution is 6.32. The van der Waals surface area contributed by atoms with E-state index in [0.29, 0.717) is 5.02 Å². The van der Waals surface area contributed by atoms with E-state index in [1.54, 1.807) is 18.2 Å². The summed E-state index contributed by atoms with van der Waals surface area (Å²) >= 11 is 5.90. The first-order valence-electron chi connectivity index (χ1n) is 6.15. The lowest BCUT2D eigenvalue weighted by Gasteiger charge is -2.16. The molecule has 1 atom stereocenters. The Morgan fingerprint density at radius 2 is 2.05 bits per heavy atom. The van der Waals surface area contributed by atoms with E-state index in [-0.39, 0.29) is 11.8 Å². The van der Waals surface area contributed by atoms with Gasteiger partial charge in [-0.05, 0) is 39.0 Å². The number of halogens is 1. The fraction of sp³-hybridized carbons (Fsp3) is 0.357. The normalized spacial score (nSPS) is 12.5. The SMILES string of the molecule is Cc1nn(C)c(C)c1C(C)Nc1ccc(O)c(Cl)c1. The number of hydrogen-bond donors (Lipinski definition) is 2. The van der Waals surface area contributed by atoms with Crippen molar-refractivity contribution >= 4 is 17.3 Å². The van der Waals surface area contributed by atoms with E-state index in [9.17, 15) is 5.11 Å². The molecular formula is C14H18ClN3O. The number of benzene rings is 1. The highest BCUT2D eigenvalue weighted by atomic mass is 35.5. The van der Waals surface area contributed by atoms with Gasteiger partial charge in [-0.25, -0.2) is 0 Å². The zero-order chi connectivity index (χ0) is 14.2. The molecule has 0 amide bonds. The number of aromatic hydroxyl groups is 1. The van der Waals surface area contributed by atoms with Gasteiger partial charge in [-0.15, -0.1) is 0 Å². The highest BCUT2D eigenvalue weighted by Gasteiger charge is 2.16. The summed E-state index contributed by atoms with van der Waals surface area (Å²) in [4.78, 5) is 0. The molecule has 2 rings (SSSR count). The Morgan fingerprint density at radius 3 is 2.58 bits per heavy atom. The van der Waals surface area contributed by atoms with Gasteiger partial charge in [-0.1, -0.05) is 11.6 Å². The predicted octanol–water partition coefficient (Wildman–Crippen LogP) is 3.57. The number of phenols is 1. The van der Waals surface area contributed by atoms with Gasteiger partial charge in [0, 0.05) is 24.0 Å². The lowest BCUT2D eigenvalue weighted by atomic mass is 10.1. The maximum atomic E-state index is 9.41. The molecule has 0 bridgehead atoms. The van der Waals surface area contributed by atoms with Crippen LogP contribution in [0.3, 0.4) is 0 Å². The average molecular weight is 280 g/mol. The summed E-state index contributed by atoms with van der Waals surface area (Å²) in [6, 6.07) is 5.22. The number of aromatic nitrogens is 2. The highest BCUT2D eigenvalue weighted by Crippen LogP contribution is 2.29. The fourth-order valence-electron chi connectivity index (χ4n) is 2.34. The standard InChI is InChI=1S/C14H18ClN3O/c1-8(14-9(2)17-18(4)10(14)3)16-11-5-6-13(19)12(15)7-11/h5-8,16,19H,1-4H3. The van der Waals surface area contributed by atoms with Crippen molar-refractivity contribution in [2.45, 2.75) is 26.8 Å². The molecule has 0 saturated carbocycles. The molecule has 0 radical (unpaired) electrons. The summed E-state index contributed by atoms with van der Waals surface area (Å²) in [5, 5.41) is 17.5. The summed E-state index contributed by atoms with van der Waals surface area (Å²) < 4.78 is 1.88. The van der Waals surface area contributed by atoms with Crippen LogP contribution in [0.5, 0.6) is 5.75 Å². The quantitative estimate of drug-likeness (QED) is 0.845. The minimum absolute atomic E-state index is 0.0913. The molecular weight excluding hydrogens is 262 g/mol. The third kappa shape index (κ3) is 2.68. The predicted molar refractivity (Wildman–Crippen MR) is 77.8 cm³/mol. The van der Waals surface area contributed by atoms with Crippen molar-refractivity contribution in [3.8, 4) is 5.75 Å². The van der Waals surface area contributed by atoms with Gasteiger partial charge in [0.15, 0.2) is 0 Å². The van der Waals surface area contributed by atoms with Crippen LogP contribution in [0.1, 0.15) is 29.9 Å². The van der Waals surface area contributed by atoms with Gasteiger partial charge in [-0.2, -0.15) is 5.10 Å². The number of rotatable bonds is 3. The van der Waals surface area contributed by atoms with Crippen molar-refractivity contribution in [1.82, 2.24) is 9.78 Å². The van der Waals surface area contributed by atoms with Crippen LogP contribution in [0.2, 0.25) is 5.02 Å². The van der Waals surface area contributed by atoms with Crippen LogP contribution >= 0.6 is 11.6 Å². The monoisotopic (exact) mass is 279 g/mol. The van der Waals surface area contributed by atoms with E-state index < -0.39 is 0 Å². The first kappa shape index (κ1) is 13.7. The van der Waals surface area contributed by atoms with Gasteiger partial charge in [0.2, 0.25) is 0 Å². The van der Waals surface area contributed by atoms with Crippen LogP contribution in [-0.4, -0.2) is 14.9 Å². The molecule has 5 heteroatoms. The van der Waals surface area contributed by atoms with Gasteiger partial charge in [0.05, 0.1) is 16.8 Å². The van der Waals surface area contributed by atoms with Crippen LogP contribution < -0.4 is 5.32 Å². The van der Waals surface area contributed by atoms with Crippen molar-refractivity contribution in [1.29, 1.82) is 0 Å². The second-order valence-corrected chi connectivity index (χ2v) is 5.15. The number of phenolic OH excluding ortho intramolecular Hbond substituents is 1. The van der Waals surface area contributed by atoms with Crippen molar-refractivity contribution in [3.63, 3.8) is 0 Å². The van der Waals surface area contributed by atoms with E-state index in [0.717, 1.165) is 17.1 Å². The molecule has 1 heterocycles. The number of aryl methyl sites for hydroxylation is 2. The summed E-state index contributed by atoms with van der Waals surface area (Å²) in [7, 11) is 1.94. The fourth-order valence-corrected chi connectivity index (χ4v) is 2.52. The van der Waals surface area contributed by atoms with Crippen molar-refractivity contribution in [2.24, 2.45) is 7.05 Å². The third-order valence-corrected chi connectivity index (χ3v) is 3.63. The molecule has 2 N–H and O–H groups in total. The average Bonchev–Trinajstić information content (AvgIpc) is 2.58. The lowest BCUT2D eigenvalue weighted by molar-refractivity contribution is 0.475. The molecule has 0 aliphatic rings. The smallest absolute Gasteiger partial charge is 0.134 e. The molecule has 1 unspecified atom stereocenters. The summed E-state index contributed by atoms with van der Waals surface area (Å²) in [6.07, 6.45) is 0. The molecule has 0 aliphatic carbocycles. The molecule has 0 saturated heterocycles. The second-order valence-electron chi connectivity index (χ2n) is 4.74. The second kappa shape index (κ2) is 5.13. The number of nitrogens with one attached hydrogen (secondary N) is 1. The van der Waals surface area contributed by atoms with E-state index in [1.165, 1.54) is 5.56 Å². The molecule has 19 heavy (non-hydrogen) atoms. The molecule has 0 aliphatic heterocycles. The molecule has 0 fully saturated rings. The van der Waals surface area contributed by atoms with Gasteiger partial charge < -0.3 is 10.4 Å². The largest absolute Gasteiger partial charge is 0.506 e. The number of nitrogens with zero attached hydrogens (tertiary/aromatic N) is 2. The summed E-state index contributed by atoms with van der Waals surface area (Å²) in [5.74, 6) is 0.0913. The van der Waals surface area contributed by atoms with Crippen molar-refractivity contribution in [3.05, 3.63) is 40.2 Å². The minimum Gasteiger partial charge on any atom is -0.506 e. The first-order valence-corrected chi connectivity index (χ1v) is 6.53. The van der Waals surface area contributed by atoms with Gasteiger partial charge >= 0.3 is 0 Å². The zero-order valence-corrected chi connectivity index (χ0v) is 12.3. The van der Waals surface area contributed by atoms with E-state index in [4.69, 9.17) is 11.6 Å². The van der Waals surface area contributed by atoms with Crippen molar-refractivity contribution in [2.75, 3.05) is 5.32 Å². The maximum absolute atomic E-state index is 9.41. The molecule has 2 aromatic rings. The molecule has 1 aromatic carbocycles. The van der Waals surface area contributed by atoms with Crippen LogP contribution in [-0.2, 0) is 7.05 Å². The minimum atomic E-state index is 0.0913. The molecule has 1 aromatic heterocycles. The van der Waals surface area contributed by atoms with Crippen LogP contribution in [0, 0.1) is 13.8 Å². The summed E-state index contributed by atoms with van der Waals surface area (Å²) in [6.45, 7) is 6.14. The first-order chi connectivity index (χ1) is 8.90. The summed E-state index contributed by atoms with van der Waals surface area (Å²) in [5.41, 5.74) is 4.22. The van der Waals surface area contributed by atoms with Gasteiger partial charge in [0.1, 0.15) is 5.75 Å². The molecule has 4 nitrogen and oxygen atoms in total. The zero-order valence-electron chi connectivity index (χ0n) is 11.5. The Morgan fingerprint density at radius 1 is 1.37 bits per heavy atom. The van der Waals surface area contributed by atoms with E-state index in [2.05, 4.69) is 24.3 Å². The maximum Gasteiger partial charge on any atom is 0.134 e. The van der Waals surface area contributed by atoms with Crippen LogP contribution in [0.4, 0.5) is 5.69 Å². The molecule has 102 valence electrons. The van der Waals surface area contributed by atoms with E-state index in [1.807, 2.05) is 18.7 Å². The Hall–Kier alpha value is -1.68. The van der Waals surface area contributed by atoms with Crippen molar-refractivity contribution < 1.29 is 5.11 Å². The topological polar surface area (TPSA) is 50.1 Å². The Labute approximate surface area is 118 Å². The number of hydrogen-bond acceptors (Lipinski definition) is 3.